The highest BCUT2D eigenvalue weighted by Crippen LogP contribution is 2.39. The van der Waals surface area contributed by atoms with Gasteiger partial charge in [-0.15, -0.1) is 0 Å². The molecule has 1 aliphatic heterocycles. The van der Waals surface area contributed by atoms with Gasteiger partial charge in [0.25, 0.3) is 0 Å². The number of hydrogen-bond donors (Lipinski definition) is 3. The molecule has 0 radical (unpaired) electrons. The largest absolute Gasteiger partial charge is 0.390 e. The summed E-state index contributed by atoms with van der Waals surface area (Å²) in [6, 6.07) is 1.86. The number of aliphatic hydroxyl groups is 3. The van der Waals surface area contributed by atoms with Crippen molar-refractivity contribution in [3.8, 4) is 0 Å². The van der Waals surface area contributed by atoms with E-state index in [0.717, 1.165) is 30.3 Å². The average Bonchev–Trinajstić information content (AvgIpc) is 3.01. The highest BCUT2D eigenvalue weighted by molar-refractivity contribution is 5.78. The Morgan fingerprint density at radius 2 is 2.04 bits per heavy atom. The fourth-order valence-corrected chi connectivity index (χ4v) is 3.55. The number of nitrogens with zero attached hydrogens (tertiary/aromatic N) is 3. The molecule has 1 unspecified atom stereocenters. The lowest BCUT2D eigenvalue weighted by atomic mass is 9.78. The minimum atomic E-state index is -1.11. The molecule has 2 aromatic heterocycles. The quantitative estimate of drug-likeness (QED) is 0.762. The Kier molecular flexibility index (Phi) is 3.60. The molecule has 3 N–H and O–H groups in total. The van der Waals surface area contributed by atoms with Crippen LogP contribution in [0.3, 0.4) is 0 Å². The van der Waals surface area contributed by atoms with Gasteiger partial charge in [-0.2, -0.15) is 0 Å². The van der Waals surface area contributed by atoms with E-state index in [0.29, 0.717) is 5.65 Å². The van der Waals surface area contributed by atoms with E-state index in [1.54, 1.807) is 10.8 Å². The van der Waals surface area contributed by atoms with Crippen molar-refractivity contribution in [2.45, 2.75) is 56.8 Å². The first-order chi connectivity index (χ1) is 11.1. The van der Waals surface area contributed by atoms with E-state index in [4.69, 9.17) is 4.74 Å². The van der Waals surface area contributed by atoms with Gasteiger partial charge < -0.3 is 24.6 Å². The predicted molar refractivity (Wildman–Crippen MR) is 81.5 cm³/mol. The summed E-state index contributed by atoms with van der Waals surface area (Å²) in [7, 11) is 0. The fourth-order valence-electron chi connectivity index (χ4n) is 3.55. The molecule has 4 rings (SSSR count). The van der Waals surface area contributed by atoms with Gasteiger partial charge in [-0.3, -0.25) is 0 Å². The summed E-state index contributed by atoms with van der Waals surface area (Å²) in [6.07, 6.45) is 1.68. The van der Waals surface area contributed by atoms with Gasteiger partial charge in [0.2, 0.25) is 0 Å². The average molecular weight is 319 g/mol. The van der Waals surface area contributed by atoms with Crippen LogP contribution in [0.1, 0.15) is 31.2 Å². The first-order valence-electron chi connectivity index (χ1n) is 8.05. The number of aliphatic hydroxyl groups excluding tert-OH is 3. The van der Waals surface area contributed by atoms with Gasteiger partial charge in [0.05, 0.1) is 11.8 Å². The minimum absolute atomic E-state index is 0.145. The van der Waals surface area contributed by atoms with Crippen LogP contribution in [0.15, 0.2) is 18.6 Å². The van der Waals surface area contributed by atoms with Crippen molar-refractivity contribution >= 4 is 11.0 Å². The van der Waals surface area contributed by atoms with Gasteiger partial charge >= 0.3 is 0 Å². The standard InChI is InChI=1S/C16H21N3O4/c1-8-10-5-6-19(15(10)18-7-17-8)16-13(22)12(21)14(23-16)11(20)9-3-2-4-9/h5-7,9,11-14,16,20-22H,2-4H2,1H3/t11?,12-,13+,14+,16+/m0/s1. The number of aryl methyl sites for hydroxylation is 1. The Morgan fingerprint density at radius 3 is 2.74 bits per heavy atom. The van der Waals surface area contributed by atoms with Crippen LogP contribution in [-0.4, -0.2) is 54.3 Å². The smallest absolute Gasteiger partial charge is 0.164 e. The van der Waals surface area contributed by atoms with Crippen molar-refractivity contribution < 1.29 is 20.1 Å². The van der Waals surface area contributed by atoms with E-state index < -0.39 is 30.6 Å². The van der Waals surface area contributed by atoms with E-state index in [1.165, 1.54) is 6.33 Å². The molecule has 0 aromatic carbocycles. The molecule has 23 heavy (non-hydrogen) atoms. The Balaban J connectivity index is 1.64. The molecule has 124 valence electrons. The lowest BCUT2D eigenvalue weighted by molar-refractivity contribution is -0.111. The van der Waals surface area contributed by atoms with Crippen LogP contribution in [0, 0.1) is 12.8 Å². The highest BCUT2D eigenvalue weighted by Gasteiger charge is 2.49. The van der Waals surface area contributed by atoms with Crippen molar-refractivity contribution in [2.24, 2.45) is 5.92 Å². The van der Waals surface area contributed by atoms with E-state index in [2.05, 4.69) is 9.97 Å². The first kappa shape index (κ1) is 15.0. The SMILES string of the molecule is Cc1ncnc2c1ccn2[C@@H]1O[C@H](C(O)C2CCC2)[C@@H](O)[C@H]1O. The summed E-state index contributed by atoms with van der Waals surface area (Å²) >= 11 is 0. The fraction of sp³-hybridized carbons (Fsp3) is 0.625. The highest BCUT2D eigenvalue weighted by atomic mass is 16.6. The third-order valence-electron chi connectivity index (χ3n) is 5.23. The monoisotopic (exact) mass is 319 g/mol. The van der Waals surface area contributed by atoms with Gasteiger partial charge in [0.15, 0.2) is 6.23 Å². The lowest BCUT2D eigenvalue weighted by Crippen LogP contribution is -2.44. The van der Waals surface area contributed by atoms with Crippen molar-refractivity contribution in [2.75, 3.05) is 0 Å². The summed E-state index contributed by atoms with van der Waals surface area (Å²) in [5.41, 5.74) is 1.49. The van der Waals surface area contributed by atoms with Crippen LogP contribution in [-0.2, 0) is 4.74 Å². The van der Waals surface area contributed by atoms with Gasteiger partial charge in [-0.05, 0) is 31.7 Å². The summed E-state index contributed by atoms with van der Waals surface area (Å²) in [4.78, 5) is 8.40. The minimum Gasteiger partial charge on any atom is -0.390 e. The van der Waals surface area contributed by atoms with Crippen LogP contribution >= 0.6 is 0 Å². The zero-order chi connectivity index (χ0) is 16.1. The molecule has 1 saturated heterocycles. The molecule has 5 atom stereocenters. The van der Waals surface area contributed by atoms with Gasteiger partial charge in [0, 0.05) is 11.6 Å². The zero-order valence-electron chi connectivity index (χ0n) is 12.9. The molecule has 0 bridgehead atoms. The molecule has 0 spiro atoms. The summed E-state index contributed by atoms with van der Waals surface area (Å²) < 4.78 is 7.55. The van der Waals surface area contributed by atoms with Crippen LogP contribution in [0.4, 0.5) is 0 Å². The topological polar surface area (TPSA) is 101 Å². The summed E-state index contributed by atoms with van der Waals surface area (Å²) in [6.45, 7) is 1.89. The lowest BCUT2D eigenvalue weighted by Gasteiger charge is -2.34. The Bertz CT molecular complexity index is 714. The maximum absolute atomic E-state index is 10.4. The van der Waals surface area contributed by atoms with E-state index in [1.807, 2.05) is 13.0 Å². The normalized spacial score (nSPS) is 33.0. The van der Waals surface area contributed by atoms with Gasteiger partial charge in [-0.1, -0.05) is 6.42 Å². The number of hydrogen-bond acceptors (Lipinski definition) is 6. The third-order valence-corrected chi connectivity index (χ3v) is 5.23. The molecular formula is C16H21N3O4. The van der Waals surface area contributed by atoms with E-state index >= 15 is 0 Å². The van der Waals surface area contributed by atoms with Gasteiger partial charge in [0.1, 0.15) is 30.3 Å². The second kappa shape index (κ2) is 5.52. The number of rotatable bonds is 3. The Morgan fingerprint density at radius 1 is 1.26 bits per heavy atom. The molecule has 3 heterocycles. The van der Waals surface area contributed by atoms with Crippen molar-refractivity contribution in [3.05, 3.63) is 24.3 Å². The maximum atomic E-state index is 10.4. The van der Waals surface area contributed by atoms with Crippen molar-refractivity contribution in [1.29, 1.82) is 0 Å². The zero-order valence-corrected chi connectivity index (χ0v) is 12.9. The molecule has 7 nitrogen and oxygen atoms in total. The number of aromatic nitrogens is 3. The maximum Gasteiger partial charge on any atom is 0.164 e. The van der Waals surface area contributed by atoms with Gasteiger partial charge in [-0.25, -0.2) is 9.97 Å². The molecule has 7 heteroatoms. The van der Waals surface area contributed by atoms with Crippen molar-refractivity contribution in [3.63, 3.8) is 0 Å². The van der Waals surface area contributed by atoms with E-state index in [9.17, 15) is 15.3 Å². The molecule has 0 amide bonds. The number of ether oxygens (including phenoxy) is 1. The molecule has 2 fully saturated rings. The molecule has 2 aromatic rings. The number of fused-ring (bicyclic) bond motifs is 1. The Labute approximate surface area is 133 Å². The van der Waals surface area contributed by atoms with Crippen LogP contribution in [0.5, 0.6) is 0 Å². The first-order valence-corrected chi connectivity index (χ1v) is 8.05. The van der Waals surface area contributed by atoms with Crippen LogP contribution < -0.4 is 0 Å². The summed E-state index contributed by atoms with van der Waals surface area (Å²) in [5, 5.41) is 32.0. The van der Waals surface area contributed by atoms with Crippen molar-refractivity contribution in [1.82, 2.24) is 14.5 Å². The Hall–Kier alpha value is -1.54. The molecule has 1 saturated carbocycles. The van der Waals surface area contributed by atoms with Crippen LogP contribution in [0.25, 0.3) is 11.0 Å². The molecule has 2 aliphatic rings. The third kappa shape index (κ3) is 2.27. The van der Waals surface area contributed by atoms with E-state index in [-0.39, 0.29) is 5.92 Å². The predicted octanol–water partition coefficient (Wildman–Crippen LogP) is 0.520. The second-order valence-electron chi connectivity index (χ2n) is 6.57. The molecular weight excluding hydrogens is 298 g/mol. The summed E-state index contributed by atoms with van der Waals surface area (Å²) in [5.74, 6) is 0.145. The van der Waals surface area contributed by atoms with Crippen LogP contribution in [0.2, 0.25) is 0 Å². The second-order valence-corrected chi connectivity index (χ2v) is 6.57. The molecule has 1 aliphatic carbocycles.